The lowest BCUT2D eigenvalue weighted by Gasteiger charge is -2.37. The average Bonchev–Trinajstić information content (AvgIpc) is 2.40. The largest absolute Gasteiger partial charge is 0.573 e. The van der Waals surface area contributed by atoms with Crippen molar-refractivity contribution in [2.45, 2.75) is 32.0 Å². The first kappa shape index (κ1) is 16.1. The molecule has 1 fully saturated rings. The van der Waals surface area contributed by atoms with E-state index in [4.69, 9.17) is 9.84 Å². The fourth-order valence-electron chi connectivity index (χ4n) is 2.28. The van der Waals surface area contributed by atoms with Crippen molar-refractivity contribution in [3.63, 3.8) is 0 Å². The minimum atomic E-state index is -4.69. The summed E-state index contributed by atoms with van der Waals surface area (Å²) in [6.45, 7) is 3.42. The molecule has 2 atom stereocenters. The number of rotatable bonds is 4. The van der Waals surface area contributed by atoms with Gasteiger partial charge >= 0.3 is 6.36 Å². The molecule has 7 heteroatoms. The summed E-state index contributed by atoms with van der Waals surface area (Å²) in [4.78, 5) is 2.07. The van der Waals surface area contributed by atoms with E-state index in [1.807, 2.05) is 6.92 Å². The van der Waals surface area contributed by atoms with Crippen LogP contribution in [0.25, 0.3) is 0 Å². The van der Waals surface area contributed by atoms with Crippen LogP contribution >= 0.6 is 0 Å². The summed E-state index contributed by atoms with van der Waals surface area (Å²) < 4.78 is 46.0. The molecule has 0 aromatic heterocycles. The highest BCUT2D eigenvalue weighted by Crippen LogP contribution is 2.24. The van der Waals surface area contributed by atoms with Crippen LogP contribution in [0.1, 0.15) is 12.5 Å². The van der Waals surface area contributed by atoms with E-state index in [2.05, 4.69) is 9.64 Å². The monoisotopic (exact) mass is 305 g/mol. The van der Waals surface area contributed by atoms with Crippen molar-refractivity contribution in [2.24, 2.45) is 0 Å². The second-order valence-corrected chi connectivity index (χ2v) is 5.11. The van der Waals surface area contributed by atoms with Gasteiger partial charge in [-0.2, -0.15) is 0 Å². The Balaban J connectivity index is 2.03. The van der Waals surface area contributed by atoms with Crippen LogP contribution in [-0.2, 0) is 11.3 Å². The Hall–Kier alpha value is -1.31. The Morgan fingerprint density at radius 1 is 1.43 bits per heavy atom. The highest BCUT2D eigenvalue weighted by molar-refractivity contribution is 5.28. The molecule has 0 spiro atoms. The summed E-state index contributed by atoms with van der Waals surface area (Å²) >= 11 is 0. The third-order valence-electron chi connectivity index (χ3n) is 3.36. The maximum Gasteiger partial charge on any atom is 0.573 e. The Labute approximate surface area is 121 Å². The Morgan fingerprint density at radius 2 is 2.19 bits per heavy atom. The molecule has 0 radical (unpaired) electrons. The lowest BCUT2D eigenvalue weighted by Crippen LogP contribution is -2.48. The molecule has 1 aliphatic rings. The summed E-state index contributed by atoms with van der Waals surface area (Å²) in [7, 11) is 0. The van der Waals surface area contributed by atoms with Crippen molar-refractivity contribution in [3.8, 4) is 5.75 Å². The number of hydrogen-bond acceptors (Lipinski definition) is 4. The Morgan fingerprint density at radius 3 is 2.86 bits per heavy atom. The normalized spacial score (nSPS) is 24.0. The molecular formula is C14H18F3NO3. The van der Waals surface area contributed by atoms with Crippen LogP contribution in [-0.4, -0.2) is 48.3 Å². The van der Waals surface area contributed by atoms with Gasteiger partial charge in [-0.15, -0.1) is 13.2 Å². The molecule has 1 aromatic carbocycles. The van der Waals surface area contributed by atoms with Crippen molar-refractivity contribution >= 4 is 0 Å². The summed E-state index contributed by atoms with van der Waals surface area (Å²) in [5.41, 5.74) is 0.724. The van der Waals surface area contributed by atoms with Gasteiger partial charge in [-0.1, -0.05) is 12.1 Å². The van der Waals surface area contributed by atoms with Gasteiger partial charge in [0.25, 0.3) is 0 Å². The van der Waals surface area contributed by atoms with Gasteiger partial charge < -0.3 is 14.6 Å². The molecule has 0 bridgehead atoms. The van der Waals surface area contributed by atoms with Crippen molar-refractivity contribution in [2.75, 3.05) is 19.8 Å². The number of aliphatic hydroxyl groups is 1. The topological polar surface area (TPSA) is 41.9 Å². The van der Waals surface area contributed by atoms with Crippen LogP contribution in [0, 0.1) is 0 Å². The first-order valence-electron chi connectivity index (χ1n) is 6.68. The Kier molecular flexibility index (Phi) is 5.08. The highest BCUT2D eigenvalue weighted by Gasteiger charge is 2.31. The molecule has 118 valence electrons. The van der Waals surface area contributed by atoms with Crippen molar-refractivity contribution in [1.29, 1.82) is 0 Å². The number of nitrogens with zero attached hydrogens (tertiary/aromatic N) is 1. The lowest BCUT2D eigenvalue weighted by atomic mass is 10.1. The summed E-state index contributed by atoms with van der Waals surface area (Å²) in [5, 5.41) is 9.14. The SMILES string of the molecule is CC1COC(CO)CN1Cc1cccc(OC(F)(F)F)c1. The molecule has 0 amide bonds. The van der Waals surface area contributed by atoms with Crippen molar-refractivity contribution in [3.05, 3.63) is 29.8 Å². The van der Waals surface area contributed by atoms with E-state index >= 15 is 0 Å². The molecule has 0 saturated carbocycles. The fraction of sp³-hybridized carbons (Fsp3) is 0.571. The Bertz CT molecular complexity index is 467. The molecule has 4 nitrogen and oxygen atoms in total. The van der Waals surface area contributed by atoms with E-state index in [1.165, 1.54) is 18.2 Å². The molecule has 2 rings (SSSR count). The van der Waals surface area contributed by atoms with E-state index < -0.39 is 6.36 Å². The molecule has 1 aromatic rings. The molecule has 1 saturated heterocycles. The van der Waals surface area contributed by atoms with Gasteiger partial charge in [0.15, 0.2) is 0 Å². The van der Waals surface area contributed by atoms with Crippen LogP contribution < -0.4 is 4.74 Å². The third-order valence-corrected chi connectivity index (χ3v) is 3.36. The fourth-order valence-corrected chi connectivity index (χ4v) is 2.28. The number of halogens is 3. The van der Waals surface area contributed by atoms with E-state index in [9.17, 15) is 13.2 Å². The van der Waals surface area contributed by atoms with Gasteiger partial charge in [0, 0.05) is 19.1 Å². The summed E-state index contributed by atoms with van der Waals surface area (Å²) in [5.74, 6) is -0.223. The van der Waals surface area contributed by atoms with Crippen molar-refractivity contribution in [1.82, 2.24) is 4.90 Å². The minimum Gasteiger partial charge on any atom is -0.406 e. The number of hydrogen-bond donors (Lipinski definition) is 1. The second kappa shape index (κ2) is 6.64. The number of alkyl halides is 3. The quantitative estimate of drug-likeness (QED) is 0.926. The second-order valence-electron chi connectivity index (χ2n) is 5.11. The van der Waals surface area contributed by atoms with Gasteiger partial charge in [0.1, 0.15) is 5.75 Å². The number of morpholine rings is 1. The van der Waals surface area contributed by atoms with Crippen LogP contribution in [0.2, 0.25) is 0 Å². The molecule has 1 N–H and O–H groups in total. The van der Waals surface area contributed by atoms with Gasteiger partial charge in [0.05, 0.1) is 19.3 Å². The van der Waals surface area contributed by atoms with Crippen LogP contribution in [0.15, 0.2) is 24.3 Å². The van der Waals surface area contributed by atoms with E-state index in [-0.39, 0.29) is 24.5 Å². The molecule has 2 unspecified atom stereocenters. The maximum absolute atomic E-state index is 12.2. The molecule has 21 heavy (non-hydrogen) atoms. The lowest BCUT2D eigenvalue weighted by molar-refractivity contribution is -0.274. The summed E-state index contributed by atoms with van der Waals surface area (Å²) in [6, 6.07) is 6.07. The zero-order chi connectivity index (χ0) is 15.5. The number of ether oxygens (including phenoxy) is 2. The zero-order valence-corrected chi connectivity index (χ0v) is 11.6. The van der Waals surface area contributed by atoms with Gasteiger partial charge in [0.2, 0.25) is 0 Å². The van der Waals surface area contributed by atoms with E-state index in [1.54, 1.807) is 6.07 Å². The minimum absolute atomic E-state index is 0.0690. The average molecular weight is 305 g/mol. The van der Waals surface area contributed by atoms with E-state index in [0.717, 1.165) is 5.56 Å². The summed E-state index contributed by atoms with van der Waals surface area (Å²) in [6.07, 6.45) is -4.94. The van der Waals surface area contributed by atoms with Crippen LogP contribution in [0.4, 0.5) is 13.2 Å². The molecule has 0 aliphatic carbocycles. The third kappa shape index (κ3) is 4.87. The molecule has 1 aliphatic heterocycles. The van der Waals surface area contributed by atoms with E-state index in [0.29, 0.717) is 19.7 Å². The van der Waals surface area contributed by atoms with Crippen LogP contribution in [0.5, 0.6) is 5.75 Å². The van der Waals surface area contributed by atoms with Crippen molar-refractivity contribution < 1.29 is 27.8 Å². The van der Waals surface area contributed by atoms with Gasteiger partial charge in [-0.3, -0.25) is 4.90 Å². The molecule has 1 heterocycles. The zero-order valence-electron chi connectivity index (χ0n) is 11.6. The molecular weight excluding hydrogens is 287 g/mol. The predicted octanol–water partition coefficient (Wildman–Crippen LogP) is 2.17. The highest BCUT2D eigenvalue weighted by atomic mass is 19.4. The first-order chi connectivity index (χ1) is 9.87. The van der Waals surface area contributed by atoms with Gasteiger partial charge in [-0.05, 0) is 24.6 Å². The number of benzene rings is 1. The predicted molar refractivity (Wildman–Crippen MR) is 69.8 cm³/mol. The first-order valence-corrected chi connectivity index (χ1v) is 6.68. The number of aliphatic hydroxyl groups excluding tert-OH is 1. The standard InChI is InChI=1S/C14H18F3NO3/c1-10-9-20-13(8-19)7-18(10)6-11-3-2-4-12(5-11)21-14(15,16)17/h2-5,10,13,19H,6-9H2,1H3. The smallest absolute Gasteiger partial charge is 0.406 e. The van der Waals surface area contributed by atoms with Crippen LogP contribution in [0.3, 0.4) is 0 Å². The van der Waals surface area contributed by atoms with Gasteiger partial charge in [-0.25, -0.2) is 0 Å². The maximum atomic E-state index is 12.2.